The first-order valence-corrected chi connectivity index (χ1v) is 5.88. The van der Waals surface area contributed by atoms with Crippen molar-refractivity contribution in [1.29, 1.82) is 0 Å². The van der Waals surface area contributed by atoms with E-state index in [-0.39, 0.29) is 11.5 Å². The summed E-state index contributed by atoms with van der Waals surface area (Å²) in [6.07, 6.45) is 5.75. The molecule has 2 fully saturated rings. The third kappa shape index (κ3) is 1.31. The maximum Gasteiger partial charge on any atom is 0.0679 e. The molecule has 2 N–H and O–H groups in total. The first-order valence-electron chi connectivity index (χ1n) is 5.88. The molecule has 2 saturated carbocycles. The molecule has 0 amide bonds. The first-order chi connectivity index (χ1) is 6.48. The molecule has 0 bridgehead atoms. The molecule has 0 aromatic heterocycles. The molecule has 82 valence electrons. The van der Waals surface area contributed by atoms with E-state index in [9.17, 15) is 10.2 Å². The molecule has 2 aliphatic carbocycles. The zero-order valence-electron chi connectivity index (χ0n) is 9.29. The smallest absolute Gasteiger partial charge is 0.0679 e. The van der Waals surface area contributed by atoms with E-state index in [0.717, 1.165) is 32.1 Å². The van der Waals surface area contributed by atoms with Crippen molar-refractivity contribution in [3.05, 3.63) is 0 Å². The number of aliphatic hydroxyl groups excluding tert-OH is 1. The molecular formula is C12H22O2. The van der Waals surface area contributed by atoms with Crippen LogP contribution in [0.1, 0.15) is 52.4 Å². The van der Waals surface area contributed by atoms with Crippen LogP contribution < -0.4 is 0 Å². The second-order valence-electron chi connectivity index (χ2n) is 5.62. The van der Waals surface area contributed by atoms with E-state index >= 15 is 0 Å². The molecule has 0 aliphatic heterocycles. The van der Waals surface area contributed by atoms with Crippen molar-refractivity contribution < 1.29 is 10.2 Å². The van der Waals surface area contributed by atoms with E-state index in [1.165, 1.54) is 6.42 Å². The maximum absolute atomic E-state index is 10.5. The van der Waals surface area contributed by atoms with E-state index in [4.69, 9.17) is 0 Å². The van der Waals surface area contributed by atoms with E-state index in [1.54, 1.807) is 0 Å². The van der Waals surface area contributed by atoms with Gasteiger partial charge in [0, 0.05) is 5.41 Å². The zero-order valence-corrected chi connectivity index (χ0v) is 9.29. The quantitative estimate of drug-likeness (QED) is 0.625. The van der Waals surface area contributed by atoms with Crippen LogP contribution in [0.4, 0.5) is 0 Å². The fourth-order valence-corrected chi connectivity index (χ4v) is 3.79. The summed E-state index contributed by atoms with van der Waals surface area (Å²) in [7, 11) is 0. The van der Waals surface area contributed by atoms with Gasteiger partial charge in [0.2, 0.25) is 0 Å². The molecular weight excluding hydrogens is 176 g/mol. The highest BCUT2D eigenvalue weighted by molar-refractivity contribution is 5.06. The Morgan fingerprint density at radius 1 is 1.21 bits per heavy atom. The standard InChI is InChI=1S/C12H22O2/c1-9-4-3-6-11(2,14)12(9)7-5-10(13)8-12/h9-10,13-14H,3-8H2,1-2H3. The average Bonchev–Trinajstić information content (AvgIpc) is 2.46. The Hall–Kier alpha value is -0.0800. The molecule has 0 aromatic carbocycles. The predicted molar refractivity (Wildman–Crippen MR) is 55.9 cm³/mol. The molecule has 14 heavy (non-hydrogen) atoms. The molecule has 2 heteroatoms. The van der Waals surface area contributed by atoms with Gasteiger partial charge in [0.1, 0.15) is 0 Å². The molecule has 0 heterocycles. The van der Waals surface area contributed by atoms with Gasteiger partial charge in [-0.2, -0.15) is 0 Å². The van der Waals surface area contributed by atoms with Gasteiger partial charge in [0.05, 0.1) is 11.7 Å². The van der Waals surface area contributed by atoms with Gasteiger partial charge in [-0.25, -0.2) is 0 Å². The van der Waals surface area contributed by atoms with Gasteiger partial charge in [0.15, 0.2) is 0 Å². The van der Waals surface area contributed by atoms with Crippen LogP contribution >= 0.6 is 0 Å². The van der Waals surface area contributed by atoms with Crippen LogP contribution in [-0.4, -0.2) is 21.9 Å². The highest BCUT2D eigenvalue weighted by atomic mass is 16.3. The Kier molecular flexibility index (Phi) is 2.39. The van der Waals surface area contributed by atoms with Crippen molar-refractivity contribution in [1.82, 2.24) is 0 Å². The molecule has 2 nitrogen and oxygen atoms in total. The van der Waals surface area contributed by atoms with Crippen molar-refractivity contribution in [2.75, 3.05) is 0 Å². The molecule has 0 radical (unpaired) electrons. The molecule has 4 atom stereocenters. The summed E-state index contributed by atoms with van der Waals surface area (Å²) < 4.78 is 0. The Morgan fingerprint density at radius 2 is 1.93 bits per heavy atom. The normalized spacial score (nSPS) is 54.0. The van der Waals surface area contributed by atoms with Gasteiger partial charge in [0.25, 0.3) is 0 Å². The van der Waals surface area contributed by atoms with Crippen LogP contribution in [0.5, 0.6) is 0 Å². The summed E-state index contributed by atoms with van der Waals surface area (Å²) in [4.78, 5) is 0. The van der Waals surface area contributed by atoms with Crippen molar-refractivity contribution >= 4 is 0 Å². The lowest BCUT2D eigenvalue weighted by molar-refractivity contribution is -0.130. The predicted octanol–water partition coefficient (Wildman–Crippen LogP) is 2.09. The molecule has 0 aromatic rings. The van der Waals surface area contributed by atoms with Gasteiger partial charge in [-0.05, 0) is 44.9 Å². The van der Waals surface area contributed by atoms with Crippen LogP contribution in [0.3, 0.4) is 0 Å². The van der Waals surface area contributed by atoms with Crippen LogP contribution in [0, 0.1) is 11.3 Å². The second kappa shape index (κ2) is 3.21. The third-order valence-electron chi connectivity index (χ3n) is 4.84. The van der Waals surface area contributed by atoms with Crippen LogP contribution in [0.2, 0.25) is 0 Å². The Bertz CT molecular complexity index is 224. The topological polar surface area (TPSA) is 40.5 Å². The summed E-state index contributed by atoms with van der Waals surface area (Å²) in [5.74, 6) is 0.559. The SMILES string of the molecule is CC1CCCC(C)(O)C12CCC(O)C2. The molecule has 1 spiro atoms. The highest BCUT2D eigenvalue weighted by Crippen LogP contribution is 2.57. The van der Waals surface area contributed by atoms with E-state index in [0.29, 0.717) is 5.92 Å². The van der Waals surface area contributed by atoms with Crippen molar-refractivity contribution in [2.45, 2.75) is 64.1 Å². The molecule has 0 saturated heterocycles. The van der Waals surface area contributed by atoms with Crippen molar-refractivity contribution in [2.24, 2.45) is 11.3 Å². The number of rotatable bonds is 0. The largest absolute Gasteiger partial charge is 0.393 e. The summed E-state index contributed by atoms with van der Waals surface area (Å²) in [6, 6.07) is 0. The first kappa shape index (κ1) is 10.4. The summed E-state index contributed by atoms with van der Waals surface area (Å²) in [5, 5.41) is 20.2. The van der Waals surface area contributed by atoms with Crippen molar-refractivity contribution in [3.8, 4) is 0 Å². The molecule has 2 rings (SSSR count). The van der Waals surface area contributed by atoms with E-state index < -0.39 is 5.60 Å². The average molecular weight is 198 g/mol. The van der Waals surface area contributed by atoms with Crippen LogP contribution in [0.25, 0.3) is 0 Å². The number of aliphatic hydroxyl groups is 2. The number of hydrogen-bond donors (Lipinski definition) is 2. The zero-order chi connectivity index (χ0) is 10.4. The Balaban J connectivity index is 2.27. The summed E-state index contributed by atoms with van der Waals surface area (Å²) >= 11 is 0. The minimum absolute atomic E-state index is 0.00463. The van der Waals surface area contributed by atoms with Gasteiger partial charge in [-0.3, -0.25) is 0 Å². The monoisotopic (exact) mass is 198 g/mol. The minimum Gasteiger partial charge on any atom is -0.393 e. The fourth-order valence-electron chi connectivity index (χ4n) is 3.79. The van der Waals surface area contributed by atoms with Crippen LogP contribution in [-0.2, 0) is 0 Å². The Labute approximate surface area is 86.3 Å². The molecule has 4 unspecified atom stereocenters. The lowest BCUT2D eigenvalue weighted by Gasteiger charge is -2.51. The van der Waals surface area contributed by atoms with E-state index in [2.05, 4.69) is 6.92 Å². The lowest BCUT2D eigenvalue weighted by Crippen LogP contribution is -2.51. The highest BCUT2D eigenvalue weighted by Gasteiger charge is 2.55. The molecule has 2 aliphatic rings. The van der Waals surface area contributed by atoms with Gasteiger partial charge < -0.3 is 10.2 Å². The van der Waals surface area contributed by atoms with Gasteiger partial charge in [-0.1, -0.05) is 13.3 Å². The minimum atomic E-state index is -0.553. The Morgan fingerprint density at radius 3 is 2.43 bits per heavy atom. The van der Waals surface area contributed by atoms with Gasteiger partial charge >= 0.3 is 0 Å². The fraction of sp³-hybridized carbons (Fsp3) is 1.00. The second-order valence-corrected chi connectivity index (χ2v) is 5.62. The van der Waals surface area contributed by atoms with Gasteiger partial charge in [-0.15, -0.1) is 0 Å². The summed E-state index contributed by atoms with van der Waals surface area (Å²) in [6.45, 7) is 4.21. The van der Waals surface area contributed by atoms with Crippen molar-refractivity contribution in [3.63, 3.8) is 0 Å². The van der Waals surface area contributed by atoms with Crippen LogP contribution in [0.15, 0.2) is 0 Å². The lowest BCUT2D eigenvalue weighted by atomic mass is 9.57. The maximum atomic E-state index is 10.5. The number of hydrogen-bond acceptors (Lipinski definition) is 2. The van der Waals surface area contributed by atoms with E-state index in [1.807, 2.05) is 6.92 Å². The third-order valence-corrected chi connectivity index (χ3v) is 4.84. The summed E-state index contributed by atoms with van der Waals surface area (Å²) in [5.41, 5.74) is -0.549.